The second-order valence-electron chi connectivity index (χ2n) is 3.84. The predicted octanol–water partition coefficient (Wildman–Crippen LogP) is 2.40. The molecule has 0 N–H and O–H groups in total. The van der Waals surface area contributed by atoms with Gasteiger partial charge in [-0.05, 0) is 6.92 Å². The summed E-state index contributed by atoms with van der Waals surface area (Å²) in [5, 5.41) is 1.28. The van der Waals surface area contributed by atoms with Gasteiger partial charge in [0.15, 0.2) is 0 Å². The summed E-state index contributed by atoms with van der Waals surface area (Å²) in [5.74, 6) is 1.24. The zero-order chi connectivity index (χ0) is 7.78. The highest BCUT2D eigenvalue weighted by Gasteiger charge is 2.29. The van der Waals surface area contributed by atoms with E-state index in [1.807, 2.05) is 11.8 Å². The Morgan fingerprint density at radius 2 is 2.10 bits per heavy atom. The van der Waals surface area contributed by atoms with Crippen LogP contribution in [0, 0.1) is 0 Å². The zero-order valence-corrected chi connectivity index (χ0v) is 8.96. The van der Waals surface area contributed by atoms with Crippen LogP contribution in [0.15, 0.2) is 4.99 Å². The molecule has 0 radical (unpaired) electrons. The minimum absolute atomic E-state index is 0.678. The standard InChI is InChI=1S/C7H15NSSi/c1-6-8-7(5-9-6)10(2,3)4/h7H,5H2,1-4H3. The van der Waals surface area contributed by atoms with E-state index in [1.165, 1.54) is 10.8 Å². The second-order valence-corrected chi connectivity index (χ2v) is 10.5. The Bertz CT molecular complexity index is 159. The number of rotatable bonds is 1. The van der Waals surface area contributed by atoms with Crippen molar-refractivity contribution >= 4 is 24.9 Å². The van der Waals surface area contributed by atoms with Crippen molar-refractivity contribution in [2.75, 3.05) is 5.75 Å². The van der Waals surface area contributed by atoms with Crippen molar-refractivity contribution < 1.29 is 0 Å². The van der Waals surface area contributed by atoms with Crippen molar-refractivity contribution in [1.82, 2.24) is 0 Å². The Morgan fingerprint density at radius 3 is 2.30 bits per heavy atom. The summed E-state index contributed by atoms with van der Waals surface area (Å²) >= 11 is 1.92. The van der Waals surface area contributed by atoms with Crippen molar-refractivity contribution in [3.8, 4) is 0 Å². The van der Waals surface area contributed by atoms with E-state index < -0.39 is 8.07 Å². The summed E-state index contributed by atoms with van der Waals surface area (Å²) in [4.78, 5) is 4.60. The third-order valence-corrected chi connectivity index (χ3v) is 5.42. The van der Waals surface area contributed by atoms with Gasteiger partial charge in [0.25, 0.3) is 0 Å². The summed E-state index contributed by atoms with van der Waals surface area (Å²) in [6.07, 6.45) is 0. The highest BCUT2D eigenvalue weighted by Crippen LogP contribution is 2.24. The van der Waals surface area contributed by atoms with Crippen LogP contribution in [0.3, 0.4) is 0 Å². The van der Waals surface area contributed by atoms with Crippen molar-refractivity contribution in [1.29, 1.82) is 0 Å². The highest BCUT2D eigenvalue weighted by molar-refractivity contribution is 8.14. The van der Waals surface area contributed by atoms with Gasteiger partial charge >= 0.3 is 0 Å². The quantitative estimate of drug-likeness (QED) is 0.555. The lowest BCUT2D eigenvalue weighted by Crippen LogP contribution is -2.37. The first-order valence-electron chi connectivity index (χ1n) is 3.67. The molecule has 1 atom stereocenters. The van der Waals surface area contributed by atoms with Crippen LogP contribution in [-0.2, 0) is 0 Å². The van der Waals surface area contributed by atoms with Gasteiger partial charge in [0.2, 0.25) is 0 Å². The maximum Gasteiger partial charge on any atom is 0.0743 e. The molecule has 0 fully saturated rings. The molecule has 3 heteroatoms. The Balaban J connectivity index is 2.61. The van der Waals surface area contributed by atoms with E-state index in [9.17, 15) is 0 Å². The third-order valence-electron chi connectivity index (χ3n) is 1.79. The van der Waals surface area contributed by atoms with Gasteiger partial charge in [-0.2, -0.15) is 0 Å². The lowest BCUT2D eigenvalue weighted by atomic mass is 10.7. The molecule has 1 aliphatic heterocycles. The van der Waals surface area contributed by atoms with Gasteiger partial charge in [-0.1, -0.05) is 19.6 Å². The smallest absolute Gasteiger partial charge is 0.0743 e. The Hall–Kier alpha value is 0.237. The molecule has 0 amide bonds. The molecule has 0 bridgehead atoms. The van der Waals surface area contributed by atoms with E-state index in [2.05, 4.69) is 31.6 Å². The summed E-state index contributed by atoms with van der Waals surface area (Å²) in [7, 11) is -0.974. The van der Waals surface area contributed by atoms with E-state index in [4.69, 9.17) is 0 Å². The van der Waals surface area contributed by atoms with Crippen LogP contribution in [0.2, 0.25) is 19.6 Å². The molecule has 1 heterocycles. The van der Waals surface area contributed by atoms with E-state index in [0.29, 0.717) is 5.67 Å². The van der Waals surface area contributed by atoms with Gasteiger partial charge < -0.3 is 0 Å². The van der Waals surface area contributed by atoms with Crippen LogP contribution in [0.5, 0.6) is 0 Å². The van der Waals surface area contributed by atoms with E-state index in [0.717, 1.165) is 0 Å². The average Bonchev–Trinajstić information content (AvgIpc) is 2.11. The molecule has 10 heavy (non-hydrogen) atoms. The maximum absolute atomic E-state index is 4.60. The van der Waals surface area contributed by atoms with Gasteiger partial charge in [-0.15, -0.1) is 11.8 Å². The zero-order valence-electron chi connectivity index (χ0n) is 7.14. The lowest BCUT2D eigenvalue weighted by molar-refractivity contribution is 1.01. The van der Waals surface area contributed by atoms with Gasteiger partial charge in [0.1, 0.15) is 0 Å². The minimum Gasteiger partial charge on any atom is -0.282 e. The SMILES string of the molecule is CC1=NC([Si](C)(C)C)CS1. The van der Waals surface area contributed by atoms with E-state index in [1.54, 1.807) is 0 Å². The molecule has 0 aromatic heterocycles. The monoisotopic (exact) mass is 173 g/mol. The molecule has 0 aliphatic carbocycles. The lowest BCUT2D eigenvalue weighted by Gasteiger charge is -2.20. The van der Waals surface area contributed by atoms with Crippen molar-refractivity contribution in [3.63, 3.8) is 0 Å². The van der Waals surface area contributed by atoms with Crippen LogP contribution in [0.1, 0.15) is 6.92 Å². The van der Waals surface area contributed by atoms with Crippen LogP contribution in [0.25, 0.3) is 0 Å². The molecule has 0 saturated carbocycles. The van der Waals surface area contributed by atoms with Gasteiger partial charge in [-0.25, -0.2) is 0 Å². The maximum atomic E-state index is 4.60. The number of hydrogen-bond donors (Lipinski definition) is 0. The summed E-state index contributed by atoms with van der Waals surface area (Å²) in [6.45, 7) is 9.28. The molecule has 0 saturated heterocycles. The Labute approximate surface area is 68.3 Å². The van der Waals surface area contributed by atoms with Crippen LogP contribution in [-0.4, -0.2) is 24.5 Å². The molecule has 1 rings (SSSR count). The number of hydrogen-bond acceptors (Lipinski definition) is 2. The van der Waals surface area contributed by atoms with Gasteiger partial charge in [-0.3, -0.25) is 4.99 Å². The van der Waals surface area contributed by atoms with Gasteiger partial charge in [0, 0.05) is 5.75 Å². The second kappa shape index (κ2) is 2.70. The molecule has 1 aliphatic rings. The molecule has 0 spiro atoms. The molecule has 1 unspecified atom stereocenters. The van der Waals surface area contributed by atoms with Crippen LogP contribution >= 0.6 is 11.8 Å². The molecular formula is C7H15NSSi. The fourth-order valence-electron chi connectivity index (χ4n) is 0.937. The fourth-order valence-corrected chi connectivity index (χ4v) is 4.54. The molecule has 0 aromatic carbocycles. The normalized spacial score (nSPS) is 26.8. The van der Waals surface area contributed by atoms with Crippen LogP contribution < -0.4 is 0 Å². The Morgan fingerprint density at radius 1 is 1.50 bits per heavy atom. The summed E-state index contributed by atoms with van der Waals surface area (Å²) in [5.41, 5.74) is 0.678. The fraction of sp³-hybridized carbons (Fsp3) is 0.857. The number of aliphatic imine (C=N–C) groups is 1. The number of thioether (sulfide) groups is 1. The minimum atomic E-state index is -0.974. The van der Waals surface area contributed by atoms with Crippen molar-refractivity contribution in [2.24, 2.45) is 4.99 Å². The van der Waals surface area contributed by atoms with E-state index >= 15 is 0 Å². The summed E-state index contributed by atoms with van der Waals surface area (Å²) in [6, 6.07) is 0. The van der Waals surface area contributed by atoms with Crippen LogP contribution in [0.4, 0.5) is 0 Å². The number of nitrogens with zero attached hydrogens (tertiary/aromatic N) is 1. The molecule has 0 aromatic rings. The first-order chi connectivity index (χ1) is 4.50. The van der Waals surface area contributed by atoms with E-state index in [-0.39, 0.29) is 0 Å². The van der Waals surface area contributed by atoms with Crippen molar-refractivity contribution in [2.45, 2.75) is 32.2 Å². The topological polar surface area (TPSA) is 12.4 Å². The molecular weight excluding hydrogens is 158 g/mol. The largest absolute Gasteiger partial charge is 0.282 e. The molecule has 1 nitrogen and oxygen atoms in total. The average molecular weight is 173 g/mol. The third kappa shape index (κ3) is 1.86. The van der Waals surface area contributed by atoms with Crippen molar-refractivity contribution in [3.05, 3.63) is 0 Å². The molecule has 58 valence electrons. The first kappa shape index (κ1) is 8.33. The highest BCUT2D eigenvalue weighted by atomic mass is 32.2. The van der Waals surface area contributed by atoms with Gasteiger partial charge in [0.05, 0.1) is 18.8 Å². The first-order valence-corrected chi connectivity index (χ1v) is 8.23. The summed E-state index contributed by atoms with van der Waals surface area (Å²) < 4.78 is 0. The predicted molar refractivity (Wildman–Crippen MR) is 52.7 cm³/mol. The Kier molecular flexibility index (Phi) is 2.25.